The summed E-state index contributed by atoms with van der Waals surface area (Å²) in [7, 11) is 1.70. The normalized spacial score (nSPS) is 11.4. The van der Waals surface area contributed by atoms with Gasteiger partial charge in [-0.2, -0.15) is 0 Å². The Hall–Kier alpha value is -4.38. The molecule has 0 unspecified atom stereocenters. The zero-order chi connectivity index (χ0) is 22.1. The van der Waals surface area contributed by atoms with Crippen molar-refractivity contribution in [1.29, 1.82) is 0 Å². The number of fused-ring (bicyclic) bond motifs is 2. The van der Waals surface area contributed by atoms with Gasteiger partial charge in [0.05, 0.1) is 22.1 Å². The average molecular weight is 417 g/mol. The lowest BCUT2D eigenvalue weighted by Gasteiger charge is -2.14. The first-order valence-corrected chi connectivity index (χ1v) is 10.2. The van der Waals surface area contributed by atoms with E-state index in [1.807, 2.05) is 72.8 Å². The lowest BCUT2D eigenvalue weighted by atomic mass is 9.93. The SMILES string of the molecule is Cn1c(=O)c(C(=O)/C=C\c2ccc3nccnc3c2)c(-c2ccccc2)c2ccccc21. The second-order valence-electron chi connectivity index (χ2n) is 7.50. The minimum atomic E-state index is -0.338. The first-order chi connectivity index (χ1) is 15.6. The fourth-order valence-electron chi connectivity index (χ4n) is 3.97. The van der Waals surface area contributed by atoms with Gasteiger partial charge >= 0.3 is 0 Å². The van der Waals surface area contributed by atoms with Crippen molar-refractivity contribution in [2.24, 2.45) is 7.05 Å². The summed E-state index contributed by atoms with van der Waals surface area (Å²) in [5, 5.41) is 0.860. The number of rotatable bonds is 4. The van der Waals surface area contributed by atoms with E-state index in [9.17, 15) is 9.59 Å². The largest absolute Gasteiger partial charge is 0.311 e. The Balaban J connectivity index is 1.67. The maximum absolute atomic E-state index is 13.4. The molecule has 0 saturated heterocycles. The molecule has 2 aromatic heterocycles. The summed E-state index contributed by atoms with van der Waals surface area (Å²) < 4.78 is 1.54. The molecule has 0 aliphatic rings. The zero-order valence-corrected chi connectivity index (χ0v) is 17.4. The van der Waals surface area contributed by atoms with Gasteiger partial charge in [0.1, 0.15) is 0 Å². The number of benzene rings is 3. The predicted octanol–water partition coefficient (Wildman–Crippen LogP) is 5.04. The van der Waals surface area contributed by atoms with Crippen molar-refractivity contribution in [3.63, 3.8) is 0 Å². The number of carbonyl (C=O) groups is 1. The lowest BCUT2D eigenvalue weighted by molar-refractivity contribution is 0.104. The first kappa shape index (κ1) is 19.6. The monoisotopic (exact) mass is 417 g/mol. The first-order valence-electron chi connectivity index (χ1n) is 10.2. The van der Waals surface area contributed by atoms with Gasteiger partial charge in [-0.3, -0.25) is 19.6 Å². The van der Waals surface area contributed by atoms with Gasteiger partial charge in [-0.15, -0.1) is 0 Å². The van der Waals surface area contributed by atoms with E-state index in [0.29, 0.717) is 5.56 Å². The Morgan fingerprint density at radius 2 is 1.59 bits per heavy atom. The highest BCUT2D eigenvalue weighted by atomic mass is 16.1. The third-order valence-electron chi connectivity index (χ3n) is 5.53. The molecule has 32 heavy (non-hydrogen) atoms. The van der Waals surface area contributed by atoms with E-state index in [-0.39, 0.29) is 16.9 Å². The second kappa shape index (κ2) is 8.04. The number of para-hydroxylation sites is 1. The topological polar surface area (TPSA) is 64.8 Å². The highest BCUT2D eigenvalue weighted by molar-refractivity contribution is 6.15. The summed E-state index contributed by atoms with van der Waals surface area (Å²) in [4.78, 5) is 35.2. The van der Waals surface area contributed by atoms with Gasteiger partial charge in [0, 0.05) is 30.4 Å². The van der Waals surface area contributed by atoms with Gasteiger partial charge in [0.25, 0.3) is 5.56 Å². The number of hydrogen-bond acceptors (Lipinski definition) is 4. The van der Waals surface area contributed by atoms with E-state index < -0.39 is 0 Å². The van der Waals surface area contributed by atoms with E-state index in [0.717, 1.165) is 33.1 Å². The quantitative estimate of drug-likeness (QED) is 0.303. The lowest BCUT2D eigenvalue weighted by Crippen LogP contribution is -2.25. The Labute approximate surface area is 184 Å². The molecule has 3 aromatic carbocycles. The molecular weight excluding hydrogens is 398 g/mol. The number of pyridine rings is 1. The zero-order valence-electron chi connectivity index (χ0n) is 17.4. The van der Waals surface area contributed by atoms with Crippen LogP contribution in [0.2, 0.25) is 0 Å². The van der Waals surface area contributed by atoms with Crippen LogP contribution in [0, 0.1) is 0 Å². The third-order valence-corrected chi connectivity index (χ3v) is 5.53. The summed E-state index contributed by atoms with van der Waals surface area (Å²) in [6.07, 6.45) is 6.43. The third kappa shape index (κ3) is 3.40. The molecule has 0 N–H and O–H groups in total. The van der Waals surface area contributed by atoms with E-state index in [2.05, 4.69) is 9.97 Å². The van der Waals surface area contributed by atoms with Gasteiger partial charge in [-0.1, -0.05) is 60.7 Å². The number of carbonyl (C=O) groups excluding carboxylic acids is 1. The molecule has 0 aliphatic carbocycles. The van der Waals surface area contributed by atoms with Gasteiger partial charge < -0.3 is 4.57 Å². The molecule has 0 fully saturated rings. The van der Waals surface area contributed by atoms with Crippen molar-refractivity contribution < 1.29 is 4.79 Å². The standard InChI is InChI=1S/C27H19N3O2/c1-30-23-10-6-5-9-20(23)25(19-7-3-2-4-8-19)26(27(30)32)24(31)14-12-18-11-13-21-22(17-18)29-16-15-28-21/h2-17H,1H3/b14-12-. The highest BCUT2D eigenvalue weighted by Crippen LogP contribution is 2.30. The fourth-order valence-corrected chi connectivity index (χ4v) is 3.97. The molecule has 5 heteroatoms. The molecule has 0 atom stereocenters. The van der Waals surface area contributed by atoms with Crippen molar-refractivity contribution >= 4 is 33.8 Å². The van der Waals surface area contributed by atoms with Crippen molar-refractivity contribution in [2.75, 3.05) is 0 Å². The van der Waals surface area contributed by atoms with Gasteiger partial charge in [-0.05, 0) is 35.4 Å². The van der Waals surface area contributed by atoms with E-state index in [1.54, 1.807) is 25.5 Å². The molecule has 5 rings (SSSR count). The van der Waals surface area contributed by atoms with Crippen LogP contribution in [0.15, 0.2) is 96.1 Å². The minimum Gasteiger partial charge on any atom is -0.311 e. The molecule has 0 saturated carbocycles. The Morgan fingerprint density at radius 1 is 0.875 bits per heavy atom. The molecule has 2 heterocycles. The molecule has 5 nitrogen and oxygen atoms in total. The van der Waals surface area contributed by atoms with Crippen LogP contribution in [0.25, 0.3) is 39.1 Å². The predicted molar refractivity (Wildman–Crippen MR) is 128 cm³/mol. The summed E-state index contributed by atoms with van der Waals surface area (Å²) in [5.74, 6) is -0.338. The minimum absolute atomic E-state index is 0.161. The van der Waals surface area contributed by atoms with Crippen LogP contribution in [0.5, 0.6) is 0 Å². The summed E-state index contributed by atoms with van der Waals surface area (Å²) in [6.45, 7) is 0. The van der Waals surface area contributed by atoms with Crippen LogP contribution in [-0.4, -0.2) is 20.3 Å². The van der Waals surface area contributed by atoms with Crippen LogP contribution in [-0.2, 0) is 7.05 Å². The van der Waals surface area contributed by atoms with Crippen LogP contribution in [0.3, 0.4) is 0 Å². The maximum atomic E-state index is 13.4. The molecule has 0 bridgehead atoms. The Bertz CT molecular complexity index is 1570. The van der Waals surface area contributed by atoms with E-state index >= 15 is 0 Å². The second-order valence-corrected chi connectivity index (χ2v) is 7.50. The average Bonchev–Trinajstić information content (AvgIpc) is 2.85. The van der Waals surface area contributed by atoms with Crippen molar-refractivity contribution in [3.05, 3.63) is 113 Å². The molecule has 0 spiro atoms. The number of allylic oxidation sites excluding steroid dienone is 1. The van der Waals surface area contributed by atoms with Crippen LogP contribution in [0.1, 0.15) is 15.9 Å². The van der Waals surface area contributed by atoms with Gasteiger partial charge in [-0.25, -0.2) is 0 Å². The summed E-state index contributed by atoms with van der Waals surface area (Å²) in [6, 6.07) is 22.8. The Morgan fingerprint density at radius 3 is 2.41 bits per heavy atom. The molecule has 5 aromatic rings. The van der Waals surface area contributed by atoms with Crippen molar-refractivity contribution in [3.8, 4) is 11.1 Å². The fraction of sp³-hybridized carbons (Fsp3) is 0.0370. The molecule has 154 valence electrons. The van der Waals surface area contributed by atoms with Gasteiger partial charge in [0.15, 0.2) is 5.78 Å². The molecule has 0 aliphatic heterocycles. The number of aryl methyl sites for hydroxylation is 1. The van der Waals surface area contributed by atoms with Gasteiger partial charge in [0.2, 0.25) is 0 Å². The Kier molecular flexibility index (Phi) is 4.92. The summed E-state index contributed by atoms with van der Waals surface area (Å²) in [5.41, 5.74) is 4.45. The van der Waals surface area contributed by atoms with E-state index in [4.69, 9.17) is 0 Å². The summed E-state index contributed by atoms with van der Waals surface area (Å²) >= 11 is 0. The number of nitrogens with zero attached hydrogens (tertiary/aromatic N) is 3. The maximum Gasteiger partial charge on any atom is 0.262 e. The van der Waals surface area contributed by atoms with Crippen molar-refractivity contribution in [2.45, 2.75) is 0 Å². The highest BCUT2D eigenvalue weighted by Gasteiger charge is 2.20. The number of hydrogen-bond donors (Lipinski definition) is 0. The molecular formula is C27H19N3O2. The van der Waals surface area contributed by atoms with Crippen LogP contribution in [0.4, 0.5) is 0 Å². The van der Waals surface area contributed by atoms with Crippen molar-refractivity contribution in [1.82, 2.24) is 14.5 Å². The molecule has 0 radical (unpaired) electrons. The van der Waals surface area contributed by atoms with Crippen LogP contribution >= 0.6 is 0 Å². The van der Waals surface area contributed by atoms with Crippen LogP contribution < -0.4 is 5.56 Å². The number of aromatic nitrogens is 3. The number of ketones is 1. The van der Waals surface area contributed by atoms with E-state index in [1.165, 1.54) is 10.6 Å². The molecule has 0 amide bonds. The smallest absolute Gasteiger partial charge is 0.262 e.